The molecule has 0 saturated heterocycles. The second-order valence-corrected chi connectivity index (χ2v) is 7.76. The quantitative estimate of drug-likeness (QED) is 0.539. The average molecular weight is 375 g/mol. The van der Waals surface area contributed by atoms with Gasteiger partial charge in [0, 0.05) is 22.6 Å². The van der Waals surface area contributed by atoms with Crippen molar-refractivity contribution in [1.29, 1.82) is 0 Å². The molecule has 0 aliphatic rings. The molecule has 2 aromatic carbocycles. The fraction of sp³-hybridized carbons (Fsp3) is 0.0625. The van der Waals surface area contributed by atoms with E-state index in [0.29, 0.717) is 11.3 Å². The number of thiazole rings is 1. The number of benzene rings is 2. The van der Waals surface area contributed by atoms with Crippen molar-refractivity contribution in [2.24, 2.45) is 0 Å². The molecule has 0 amide bonds. The van der Waals surface area contributed by atoms with Crippen LogP contribution in [0.5, 0.6) is 0 Å². The van der Waals surface area contributed by atoms with Crippen molar-refractivity contribution in [3.05, 3.63) is 69.6 Å². The number of sulfonamides is 1. The molecule has 0 radical (unpaired) electrons. The molecule has 0 spiro atoms. The molecule has 0 fully saturated rings. The summed E-state index contributed by atoms with van der Waals surface area (Å²) >= 11 is 1.14. The molecule has 25 heavy (non-hydrogen) atoms. The van der Waals surface area contributed by atoms with Crippen LogP contribution >= 0.6 is 11.3 Å². The predicted octanol–water partition coefficient (Wildman–Crippen LogP) is 3.83. The smallest absolute Gasteiger partial charge is 0.258 e. The maximum atomic E-state index is 12.5. The van der Waals surface area contributed by atoms with Crippen LogP contribution < -0.4 is 4.72 Å². The molecule has 0 unspecified atom stereocenters. The van der Waals surface area contributed by atoms with Crippen LogP contribution in [0.1, 0.15) is 5.56 Å². The van der Waals surface area contributed by atoms with Crippen molar-refractivity contribution in [1.82, 2.24) is 4.98 Å². The molecule has 3 aromatic rings. The number of aromatic nitrogens is 1. The van der Waals surface area contributed by atoms with Crippen LogP contribution in [0.4, 0.5) is 10.8 Å². The van der Waals surface area contributed by atoms with Gasteiger partial charge in [0.25, 0.3) is 15.7 Å². The van der Waals surface area contributed by atoms with E-state index >= 15 is 0 Å². The van der Waals surface area contributed by atoms with E-state index in [1.54, 1.807) is 12.3 Å². The Kier molecular flexibility index (Phi) is 4.51. The van der Waals surface area contributed by atoms with Gasteiger partial charge in [0.2, 0.25) is 0 Å². The van der Waals surface area contributed by atoms with Gasteiger partial charge in [-0.05, 0) is 13.0 Å². The third-order valence-corrected chi connectivity index (χ3v) is 5.71. The Morgan fingerprint density at radius 3 is 2.56 bits per heavy atom. The molecule has 0 aliphatic heterocycles. The minimum absolute atomic E-state index is 0.179. The van der Waals surface area contributed by atoms with Crippen LogP contribution in [0.2, 0.25) is 0 Å². The summed E-state index contributed by atoms with van der Waals surface area (Å²) in [5.41, 5.74) is 1.67. The maximum absolute atomic E-state index is 12.5. The first kappa shape index (κ1) is 17.1. The molecule has 0 saturated carbocycles. The molecule has 0 bridgehead atoms. The molecule has 1 N–H and O–H groups in total. The summed E-state index contributed by atoms with van der Waals surface area (Å²) in [6.45, 7) is 1.55. The second-order valence-electron chi connectivity index (χ2n) is 5.21. The molecule has 3 rings (SSSR count). The molecule has 1 heterocycles. The molecule has 9 heteroatoms. The molecule has 1 aromatic heterocycles. The lowest BCUT2D eigenvalue weighted by molar-refractivity contribution is -0.385. The molecule has 128 valence electrons. The summed E-state index contributed by atoms with van der Waals surface area (Å²) in [6.07, 6.45) is 0. The van der Waals surface area contributed by atoms with Gasteiger partial charge in [0.15, 0.2) is 5.13 Å². The highest BCUT2D eigenvalue weighted by molar-refractivity contribution is 7.93. The molecule has 0 aliphatic carbocycles. The number of nitro benzene ring substituents is 1. The fourth-order valence-corrected chi connectivity index (χ4v) is 4.18. The van der Waals surface area contributed by atoms with Gasteiger partial charge in [0.05, 0.1) is 15.5 Å². The van der Waals surface area contributed by atoms with Crippen LogP contribution in [-0.4, -0.2) is 18.3 Å². The zero-order valence-corrected chi connectivity index (χ0v) is 14.7. The van der Waals surface area contributed by atoms with Gasteiger partial charge in [-0.3, -0.25) is 14.8 Å². The number of anilines is 1. The Bertz CT molecular complexity index is 1030. The van der Waals surface area contributed by atoms with Crippen LogP contribution in [0.15, 0.2) is 58.8 Å². The summed E-state index contributed by atoms with van der Waals surface area (Å²) in [4.78, 5) is 14.5. The van der Waals surface area contributed by atoms with E-state index in [1.807, 2.05) is 30.3 Å². The van der Waals surface area contributed by atoms with Crippen LogP contribution in [0.3, 0.4) is 0 Å². The van der Waals surface area contributed by atoms with Crippen molar-refractivity contribution in [2.45, 2.75) is 11.8 Å². The topological polar surface area (TPSA) is 102 Å². The van der Waals surface area contributed by atoms with Crippen molar-refractivity contribution < 1.29 is 13.3 Å². The van der Waals surface area contributed by atoms with Crippen molar-refractivity contribution >= 4 is 32.2 Å². The highest BCUT2D eigenvalue weighted by Crippen LogP contribution is 2.28. The summed E-state index contributed by atoms with van der Waals surface area (Å²) in [5, 5.41) is 12.9. The standard InChI is InChI=1S/C16H13N3O4S2/c1-11-7-8-13(9-15(11)19(20)21)25(22,23)18-16-17-14(10-24-16)12-5-3-2-4-6-12/h2-10H,1H3,(H,17,18). The van der Waals surface area contributed by atoms with Crippen LogP contribution in [0, 0.1) is 17.0 Å². The minimum atomic E-state index is -3.96. The van der Waals surface area contributed by atoms with Gasteiger partial charge in [-0.1, -0.05) is 36.4 Å². The van der Waals surface area contributed by atoms with Gasteiger partial charge >= 0.3 is 0 Å². The van der Waals surface area contributed by atoms with Gasteiger partial charge in [-0.15, -0.1) is 11.3 Å². The molecule has 7 nitrogen and oxygen atoms in total. The van der Waals surface area contributed by atoms with E-state index in [9.17, 15) is 18.5 Å². The zero-order chi connectivity index (χ0) is 18.0. The van der Waals surface area contributed by atoms with Gasteiger partial charge in [0.1, 0.15) is 0 Å². The Hall–Kier alpha value is -2.78. The highest BCUT2D eigenvalue weighted by atomic mass is 32.2. The summed E-state index contributed by atoms with van der Waals surface area (Å²) in [6, 6.07) is 13.1. The van der Waals surface area contributed by atoms with Crippen LogP contribution in [0.25, 0.3) is 11.3 Å². The summed E-state index contributed by atoms with van der Waals surface area (Å²) < 4.78 is 27.3. The lowest BCUT2D eigenvalue weighted by atomic mass is 10.2. The van der Waals surface area contributed by atoms with Gasteiger partial charge in [-0.2, -0.15) is 0 Å². The highest BCUT2D eigenvalue weighted by Gasteiger charge is 2.21. The van der Waals surface area contributed by atoms with E-state index in [1.165, 1.54) is 12.1 Å². The fourth-order valence-electron chi connectivity index (χ4n) is 2.19. The third kappa shape index (κ3) is 3.67. The number of hydrogen-bond acceptors (Lipinski definition) is 6. The Balaban J connectivity index is 1.89. The zero-order valence-electron chi connectivity index (χ0n) is 13.0. The van der Waals surface area contributed by atoms with Gasteiger partial charge in [-0.25, -0.2) is 13.4 Å². The monoisotopic (exact) mass is 375 g/mol. The number of nitrogens with one attached hydrogen (secondary N) is 1. The largest absolute Gasteiger partial charge is 0.273 e. The van der Waals surface area contributed by atoms with Gasteiger partial charge < -0.3 is 0 Å². The van der Waals surface area contributed by atoms with E-state index < -0.39 is 14.9 Å². The van der Waals surface area contributed by atoms with E-state index in [-0.39, 0.29) is 15.7 Å². The SMILES string of the molecule is Cc1ccc(S(=O)(=O)Nc2nc(-c3ccccc3)cs2)cc1[N+](=O)[O-]. The van der Waals surface area contributed by atoms with E-state index in [2.05, 4.69) is 9.71 Å². The Morgan fingerprint density at radius 1 is 1.16 bits per heavy atom. The van der Waals surface area contributed by atoms with Crippen LogP contribution in [-0.2, 0) is 10.0 Å². The Morgan fingerprint density at radius 2 is 1.88 bits per heavy atom. The summed E-state index contributed by atoms with van der Waals surface area (Å²) in [5.74, 6) is 0. The molecular weight excluding hydrogens is 362 g/mol. The average Bonchev–Trinajstić information content (AvgIpc) is 3.03. The lowest BCUT2D eigenvalue weighted by Gasteiger charge is -2.06. The first-order chi connectivity index (χ1) is 11.9. The number of rotatable bonds is 5. The van der Waals surface area contributed by atoms with E-state index in [4.69, 9.17) is 0 Å². The third-order valence-electron chi connectivity index (χ3n) is 3.48. The first-order valence-electron chi connectivity index (χ1n) is 7.15. The van der Waals surface area contributed by atoms with Crippen molar-refractivity contribution in [3.63, 3.8) is 0 Å². The second kappa shape index (κ2) is 6.61. The van der Waals surface area contributed by atoms with Crippen molar-refractivity contribution in [2.75, 3.05) is 4.72 Å². The van der Waals surface area contributed by atoms with Crippen molar-refractivity contribution in [3.8, 4) is 11.3 Å². The Labute approximate surface area is 148 Å². The summed E-state index contributed by atoms with van der Waals surface area (Å²) in [7, 11) is -3.96. The number of nitrogens with zero attached hydrogens (tertiary/aromatic N) is 2. The molecule has 0 atom stereocenters. The molecular formula is C16H13N3O4S2. The minimum Gasteiger partial charge on any atom is -0.258 e. The normalized spacial score (nSPS) is 11.2. The first-order valence-corrected chi connectivity index (χ1v) is 9.52. The maximum Gasteiger partial charge on any atom is 0.273 e. The van der Waals surface area contributed by atoms with E-state index in [0.717, 1.165) is 23.0 Å². The lowest BCUT2D eigenvalue weighted by Crippen LogP contribution is -2.13. The number of hydrogen-bond donors (Lipinski definition) is 1. The predicted molar refractivity (Wildman–Crippen MR) is 96.2 cm³/mol. The number of nitro groups is 1. The number of aryl methyl sites for hydroxylation is 1.